The molecule has 0 saturated carbocycles. The van der Waals surface area contributed by atoms with Gasteiger partial charge in [0.1, 0.15) is 6.10 Å². The lowest BCUT2D eigenvalue weighted by Gasteiger charge is -2.12. The molecule has 2 heterocycles. The third kappa shape index (κ3) is 3.14. The van der Waals surface area contributed by atoms with Gasteiger partial charge in [0.05, 0.1) is 6.61 Å². The van der Waals surface area contributed by atoms with E-state index in [-0.39, 0.29) is 17.4 Å². The van der Waals surface area contributed by atoms with Crippen molar-refractivity contribution in [3.05, 3.63) is 23.7 Å². The molecule has 0 radical (unpaired) electrons. The van der Waals surface area contributed by atoms with Crippen LogP contribution in [0.25, 0.3) is 5.95 Å². The largest absolute Gasteiger partial charge is 0.458 e. The van der Waals surface area contributed by atoms with Crippen LogP contribution in [-0.4, -0.2) is 44.6 Å². The second-order valence-electron chi connectivity index (χ2n) is 3.52. The molecule has 0 spiro atoms. The molecule has 18 heavy (non-hydrogen) atoms. The highest BCUT2D eigenvalue weighted by Gasteiger charge is 2.11. The van der Waals surface area contributed by atoms with E-state index in [9.17, 15) is 0 Å². The summed E-state index contributed by atoms with van der Waals surface area (Å²) in [4.78, 5) is 12.0. The van der Waals surface area contributed by atoms with Gasteiger partial charge in [0.2, 0.25) is 5.28 Å². The van der Waals surface area contributed by atoms with Gasteiger partial charge in [-0.1, -0.05) is 0 Å². The molecule has 0 fully saturated rings. The lowest BCUT2D eigenvalue weighted by Crippen LogP contribution is -2.20. The van der Waals surface area contributed by atoms with Gasteiger partial charge in [0, 0.05) is 19.5 Å². The lowest BCUT2D eigenvalue weighted by atomic mass is 10.4. The predicted octanol–water partition coefficient (Wildman–Crippen LogP) is 1.12. The number of hydrogen-bond acceptors (Lipinski definition) is 6. The van der Waals surface area contributed by atoms with E-state index in [0.717, 1.165) is 0 Å². The van der Waals surface area contributed by atoms with Crippen LogP contribution in [0.3, 0.4) is 0 Å². The molecule has 0 aliphatic carbocycles. The molecule has 0 aliphatic rings. The summed E-state index contributed by atoms with van der Waals surface area (Å²) in [7, 11) is 1.59. The van der Waals surface area contributed by atoms with Crippen molar-refractivity contribution in [2.75, 3.05) is 13.7 Å². The molecule has 1 atom stereocenters. The van der Waals surface area contributed by atoms with Crippen LogP contribution in [0.2, 0.25) is 5.28 Å². The maximum Gasteiger partial charge on any atom is 0.322 e. The van der Waals surface area contributed by atoms with Crippen LogP contribution >= 0.6 is 11.6 Å². The van der Waals surface area contributed by atoms with Crippen LogP contribution in [0.15, 0.2) is 18.5 Å². The molecule has 2 aromatic rings. The summed E-state index contributed by atoms with van der Waals surface area (Å²) >= 11 is 5.81. The Balaban J connectivity index is 2.22. The van der Waals surface area contributed by atoms with Gasteiger partial charge in [-0.15, -0.1) is 0 Å². The summed E-state index contributed by atoms with van der Waals surface area (Å²) in [5, 5.41) is 4.06. The van der Waals surface area contributed by atoms with Crippen LogP contribution in [0.4, 0.5) is 0 Å². The van der Waals surface area contributed by atoms with Crippen molar-refractivity contribution in [2.24, 2.45) is 0 Å². The summed E-state index contributed by atoms with van der Waals surface area (Å²) < 4.78 is 11.9. The van der Waals surface area contributed by atoms with E-state index in [4.69, 9.17) is 21.1 Å². The van der Waals surface area contributed by atoms with Gasteiger partial charge in [-0.2, -0.15) is 20.1 Å². The molecule has 2 aromatic heterocycles. The van der Waals surface area contributed by atoms with Crippen molar-refractivity contribution in [1.82, 2.24) is 24.7 Å². The Morgan fingerprint density at radius 2 is 2.22 bits per heavy atom. The van der Waals surface area contributed by atoms with Crippen molar-refractivity contribution in [3.8, 4) is 12.0 Å². The van der Waals surface area contributed by atoms with Gasteiger partial charge in [0.25, 0.3) is 5.95 Å². The predicted molar refractivity (Wildman–Crippen MR) is 63.9 cm³/mol. The number of hydrogen-bond donors (Lipinski definition) is 0. The summed E-state index contributed by atoms with van der Waals surface area (Å²) in [5.41, 5.74) is 0. The van der Waals surface area contributed by atoms with Crippen molar-refractivity contribution in [2.45, 2.75) is 13.0 Å². The normalized spacial score (nSPS) is 12.4. The minimum atomic E-state index is -0.182. The van der Waals surface area contributed by atoms with Crippen LogP contribution < -0.4 is 4.74 Å². The molecule has 0 aliphatic heterocycles. The Labute approximate surface area is 109 Å². The number of nitrogens with zero attached hydrogens (tertiary/aromatic N) is 5. The van der Waals surface area contributed by atoms with E-state index in [1.807, 2.05) is 6.92 Å². The van der Waals surface area contributed by atoms with E-state index < -0.39 is 0 Å². The first kappa shape index (κ1) is 12.7. The fraction of sp³-hybridized carbons (Fsp3) is 0.400. The molecular weight excluding hydrogens is 258 g/mol. The quantitative estimate of drug-likeness (QED) is 0.810. The summed E-state index contributed by atoms with van der Waals surface area (Å²) in [6.07, 6.45) is 3.14. The number of rotatable bonds is 5. The van der Waals surface area contributed by atoms with Gasteiger partial charge in [-0.05, 0) is 24.6 Å². The van der Waals surface area contributed by atoms with Gasteiger partial charge in [-0.25, -0.2) is 4.68 Å². The van der Waals surface area contributed by atoms with E-state index in [1.54, 1.807) is 25.6 Å². The first-order valence-corrected chi connectivity index (χ1v) is 5.64. The Kier molecular flexibility index (Phi) is 4.06. The molecule has 1 unspecified atom stereocenters. The molecule has 0 saturated heterocycles. The highest BCUT2D eigenvalue weighted by atomic mass is 35.5. The molecule has 2 rings (SSSR count). The van der Waals surface area contributed by atoms with Crippen molar-refractivity contribution in [3.63, 3.8) is 0 Å². The molecule has 8 heteroatoms. The van der Waals surface area contributed by atoms with Gasteiger partial charge in [0.15, 0.2) is 0 Å². The van der Waals surface area contributed by atoms with Gasteiger partial charge < -0.3 is 9.47 Å². The first-order chi connectivity index (χ1) is 8.69. The molecule has 0 N–H and O–H groups in total. The minimum absolute atomic E-state index is 0.0510. The topological polar surface area (TPSA) is 75.0 Å². The van der Waals surface area contributed by atoms with Crippen LogP contribution in [0.5, 0.6) is 6.01 Å². The van der Waals surface area contributed by atoms with Gasteiger partial charge in [-0.3, -0.25) is 0 Å². The average Bonchev–Trinajstić information content (AvgIpc) is 2.81. The third-order valence-corrected chi connectivity index (χ3v) is 2.16. The van der Waals surface area contributed by atoms with Gasteiger partial charge >= 0.3 is 6.01 Å². The van der Waals surface area contributed by atoms with Crippen molar-refractivity contribution in [1.29, 1.82) is 0 Å². The highest BCUT2D eigenvalue weighted by Crippen LogP contribution is 2.12. The number of methoxy groups -OCH3 is 1. The number of halogens is 1. The molecular formula is C10H12ClN5O2. The second kappa shape index (κ2) is 5.74. The summed E-state index contributed by atoms with van der Waals surface area (Å²) in [6.45, 7) is 2.27. The van der Waals surface area contributed by atoms with E-state index in [1.165, 1.54) is 4.68 Å². The first-order valence-electron chi connectivity index (χ1n) is 5.26. The molecule has 96 valence electrons. The zero-order valence-corrected chi connectivity index (χ0v) is 10.7. The fourth-order valence-corrected chi connectivity index (χ4v) is 1.46. The maximum atomic E-state index is 5.81. The minimum Gasteiger partial charge on any atom is -0.458 e. The molecule has 0 amide bonds. The van der Waals surface area contributed by atoms with Crippen molar-refractivity contribution >= 4 is 11.6 Å². The second-order valence-corrected chi connectivity index (χ2v) is 3.86. The summed E-state index contributed by atoms with van der Waals surface area (Å²) in [6, 6.07) is 1.90. The monoisotopic (exact) mass is 269 g/mol. The summed E-state index contributed by atoms with van der Waals surface area (Å²) in [5.74, 6) is 0.305. The highest BCUT2D eigenvalue weighted by molar-refractivity contribution is 6.28. The van der Waals surface area contributed by atoms with Crippen LogP contribution in [-0.2, 0) is 4.74 Å². The SMILES string of the molecule is COCC(C)Oc1nc(Cl)nc(-n2cccn2)n1. The van der Waals surface area contributed by atoms with E-state index in [0.29, 0.717) is 12.6 Å². The van der Waals surface area contributed by atoms with Crippen LogP contribution in [0.1, 0.15) is 6.92 Å². The van der Waals surface area contributed by atoms with E-state index >= 15 is 0 Å². The third-order valence-electron chi connectivity index (χ3n) is 1.99. The number of aromatic nitrogens is 5. The van der Waals surface area contributed by atoms with Crippen LogP contribution in [0, 0.1) is 0 Å². The number of ether oxygens (including phenoxy) is 2. The molecule has 0 aromatic carbocycles. The zero-order valence-electron chi connectivity index (χ0n) is 9.95. The maximum absolute atomic E-state index is 5.81. The average molecular weight is 270 g/mol. The van der Waals surface area contributed by atoms with Crippen molar-refractivity contribution < 1.29 is 9.47 Å². The Morgan fingerprint density at radius 3 is 2.89 bits per heavy atom. The standard InChI is InChI=1S/C10H12ClN5O2/c1-7(6-17-2)18-10-14-8(11)13-9(15-10)16-5-3-4-12-16/h3-5,7H,6H2,1-2H3. The lowest BCUT2D eigenvalue weighted by molar-refractivity contribution is 0.0853. The smallest absolute Gasteiger partial charge is 0.322 e. The Hall–Kier alpha value is -1.73. The Morgan fingerprint density at radius 1 is 1.39 bits per heavy atom. The molecule has 0 bridgehead atoms. The Bertz CT molecular complexity index is 505. The zero-order chi connectivity index (χ0) is 13.0. The molecule has 7 nitrogen and oxygen atoms in total. The van der Waals surface area contributed by atoms with E-state index in [2.05, 4.69) is 20.1 Å². The fourth-order valence-electron chi connectivity index (χ4n) is 1.31.